The number of morpholine rings is 1. The summed E-state index contributed by atoms with van der Waals surface area (Å²) >= 11 is 0. The van der Waals surface area contributed by atoms with Gasteiger partial charge in [-0.05, 0) is 60.7 Å². The molecule has 1 aliphatic heterocycles. The van der Waals surface area contributed by atoms with E-state index in [2.05, 4.69) is 5.32 Å². The van der Waals surface area contributed by atoms with Crippen molar-refractivity contribution in [3.05, 3.63) is 78.1 Å². The molecular weight excluding hydrogens is 561 g/mol. The van der Waals surface area contributed by atoms with Crippen LogP contribution in [-0.2, 0) is 24.8 Å². The van der Waals surface area contributed by atoms with Gasteiger partial charge in [0, 0.05) is 31.7 Å². The predicted molar refractivity (Wildman–Crippen MR) is 147 cm³/mol. The number of anilines is 1. The summed E-state index contributed by atoms with van der Waals surface area (Å²) in [5.41, 5.74) is 0.0723. The van der Waals surface area contributed by atoms with Gasteiger partial charge in [-0.3, -0.25) is 4.79 Å². The van der Waals surface area contributed by atoms with Crippen LogP contribution < -0.4 is 10.1 Å². The largest absolute Gasteiger partial charge is 0.455 e. The van der Waals surface area contributed by atoms with Gasteiger partial charge in [0.15, 0.2) is 5.75 Å². The molecule has 10 nitrogen and oxygen atoms in total. The second kappa shape index (κ2) is 12.4. The summed E-state index contributed by atoms with van der Waals surface area (Å²) in [7, 11) is -7.73. The van der Waals surface area contributed by atoms with Crippen LogP contribution in [0.2, 0.25) is 0 Å². The zero-order valence-electron chi connectivity index (χ0n) is 22.0. The minimum Gasteiger partial charge on any atom is -0.455 e. The number of hydrogen-bond donors (Lipinski definition) is 1. The van der Waals surface area contributed by atoms with E-state index < -0.39 is 31.8 Å². The van der Waals surface area contributed by atoms with Gasteiger partial charge in [0.05, 0.1) is 28.7 Å². The number of nitrogens with zero attached hydrogens (tertiary/aromatic N) is 2. The van der Waals surface area contributed by atoms with Crippen LogP contribution in [0.15, 0.2) is 76.5 Å². The molecule has 4 rings (SSSR count). The van der Waals surface area contributed by atoms with Gasteiger partial charge in [-0.15, -0.1) is 0 Å². The van der Waals surface area contributed by atoms with Crippen molar-refractivity contribution in [3.8, 4) is 11.5 Å². The van der Waals surface area contributed by atoms with Crippen molar-refractivity contribution in [2.45, 2.75) is 23.6 Å². The van der Waals surface area contributed by atoms with Gasteiger partial charge in [0.1, 0.15) is 11.6 Å². The fraction of sp³-hybridized carbons (Fsp3) is 0.296. The first-order valence-corrected chi connectivity index (χ1v) is 15.5. The first kappa shape index (κ1) is 29.6. The van der Waals surface area contributed by atoms with E-state index in [1.165, 1.54) is 75.3 Å². The quantitative estimate of drug-likeness (QED) is 0.379. The topological polar surface area (TPSA) is 122 Å². The fourth-order valence-corrected chi connectivity index (χ4v) is 7.07. The number of rotatable bonds is 10. The van der Waals surface area contributed by atoms with Crippen molar-refractivity contribution < 1.29 is 35.5 Å². The third-order valence-corrected chi connectivity index (χ3v) is 10.2. The van der Waals surface area contributed by atoms with Gasteiger partial charge in [-0.25, -0.2) is 21.2 Å². The molecule has 40 heavy (non-hydrogen) atoms. The van der Waals surface area contributed by atoms with Crippen molar-refractivity contribution >= 4 is 31.6 Å². The highest BCUT2D eigenvalue weighted by atomic mass is 32.2. The molecule has 0 unspecified atom stereocenters. The maximum atomic E-state index is 13.4. The first-order valence-electron chi connectivity index (χ1n) is 12.6. The SMILES string of the molecule is CCN(CC)S(=O)(=O)c1ccc(Oc2ccc(F)cc2)c(NC(=O)c2cccc(S(=O)(=O)N3CCOCC3)c2)c1. The molecule has 1 fully saturated rings. The molecule has 1 heterocycles. The lowest BCUT2D eigenvalue weighted by Gasteiger charge is -2.26. The summed E-state index contributed by atoms with van der Waals surface area (Å²) in [6, 6.07) is 14.8. The van der Waals surface area contributed by atoms with Crippen LogP contribution in [0.4, 0.5) is 10.1 Å². The van der Waals surface area contributed by atoms with E-state index in [4.69, 9.17) is 9.47 Å². The van der Waals surface area contributed by atoms with E-state index >= 15 is 0 Å². The van der Waals surface area contributed by atoms with E-state index in [0.717, 1.165) is 0 Å². The number of ether oxygens (including phenoxy) is 2. The minimum atomic E-state index is -3.88. The number of sulfonamides is 2. The summed E-state index contributed by atoms with van der Waals surface area (Å²) in [6.45, 7) is 4.90. The Bertz CT molecular complexity index is 1570. The van der Waals surface area contributed by atoms with Gasteiger partial charge in [0.2, 0.25) is 20.0 Å². The minimum absolute atomic E-state index is 0.0315. The first-order chi connectivity index (χ1) is 19.1. The van der Waals surface area contributed by atoms with E-state index in [1.54, 1.807) is 13.8 Å². The molecule has 1 aliphatic rings. The lowest BCUT2D eigenvalue weighted by molar-refractivity contribution is 0.0730. The van der Waals surface area contributed by atoms with Crippen LogP contribution in [0.5, 0.6) is 11.5 Å². The molecule has 214 valence electrons. The van der Waals surface area contributed by atoms with Gasteiger partial charge in [0.25, 0.3) is 5.91 Å². The van der Waals surface area contributed by atoms with E-state index in [-0.39, 0.29) is 71.9 Å². The number of amides is 1. The molecule has 1 N–H and O–H groups in total. The number of halogens is 1. The molecule has 3 aromatic carbocycles. The van der Waals surface area contributed by atoms with Crippen molar-refractivity contribution in [1.82, 2.24) is 8.61 Å². The average Bonchev–Trinajstić information content (AvgIpc) is 2.96. The van der Waals surface area contributed by atoms with Crippen LogP contribution in [0.3, 0.4) is 0 Å². The number of benzene rings is 3. The molecule has 0 aliphatic carbocycles. The highest BCUT2D eigenvalue weighted by Gasteiger charge is 2.27. The van der Waals surface area contributed by atoms with Crippen molar-refractivity contribution in [3.63, 3.8) is 0 Å². The Labute approximate surface area is 233 Å². The number of carbonyl (C=O) groups is 1. The van der Waals surface area contributed by atoms with E-state index in [9.17, 15) is 26.0 Å². The molecule has 1 amide bonds. The maximum absolute atomic E-state index is 13.4. The lowest BCUT2D eigenvalue weighted by Crippen LogP contribution is -2.40. The number of hydrogen-bond acceptors (Lipinski definition) is 7. The van der Waals surface area contributed by atoms with Gasteiger partial charge >= 0.3 is 0 Å². The highest BCUT2D eigenvalue weighted by Crippen LogP contribution is 2.33. The molecular formula is C27H30FN3O7S2. The van der Waals surface area contributed by atoms with Crippen molar-refractivity contribution in [2.24, 2.45) is 0 Å². The van der Waals surface area contributed by atoms with Crippen LogP contribution >= 0.6 is 0 Å². The molecule has 13 heteroatoms. The summed E-state index contributed by atoms with van der Waals surface area (Å²) < 4.78 is 79.6. The zero-order valence-corrected chi connectivity index (χ0v) is 23.7. The van der Waals surface area contributed by atoms with Crippen LogP contribution in [0.1, 0.15) is 24.2 Å². The van der Waals surface area contributed by atoms with Gasteiger partial charge in [-0.2, -0.15) is 8.61 Å². The summed E-state index contributed by atoms with van der Waals surface area (Å²) in [4.78, 5) is 13.2. The normalized spacial score (nSPS) is 14.7. The average molecular weight is 592 g/mol. The Morgan fingerprint density at radius 2 is 1.62 bits per heavy atom. The highest BCUT2D eigenvalue weighted by molar-refractivity contribution is 7.89. The Kier molecular flexibility index (Phi) is 9.21. The van der Waals surface area contributed by atoms with Gasteiger partial charge < -0.3 is 14.8 Å². The Morgan fingerprint density at radius 3 is 2.27 bits per heavy atom. The summed E-state index contributed by atoms with van der Waals surface area (Å²) in [5.74, 6) is -0.778. The second-order valence-electron chi connectivity index (χ2n) is 8.80. The van der Waals surface area contributed by atoms with Crippen LogP contribution in [0.25, 0.3) is 0 Å². The van der Waals surface area contributed by atoms with Crippen LogP contribution in [-0.4, -0.2) is 70.7 Å². The zero-order chi connectivity index (χ0) is 28.9. The Hall–Kier alpha value is -3.36. The number of nitrogens with one attached hydrogen (secondary N) is 1. The number of carbonyl (C=O) groups excluding carboxylic acids is 1. The lowest BCUT2D eigenvalue weighted by atomic mass is 10.2. The molecule has 0 spiro atoms. The van der Waals surface area contributed by atoms with Crippen LogP contribution in [0, 0.1) is 5.82 Å². The van der Waals surface area contributed by atoms with Gasteiger partial charge in [-0.1, -0.05) is 19.9 Å². The molecule has 0 saturated carbocycles. The maximum Gasteiger partial charge on any atom is 0.255 e. The smallest absolute Gasteiger partial charge is 0.255 e. The fourth-order valence-electron chi connectivity index (χ4n) is 4.13. The molecule has 0 bridgehead atoms. The monoisotopic (exact) mass is 591 g/mol. The Balaban J connectivity index is 1.68. The second-order valence-corrected chi connectivity index (χ2v) is 12.7. The third kappa shape index (κ3) is 6.50. The molecule has 0 aromatic heterocycles. The predicted octanol–water partition coefficient (Wildman–Crippen LogP) is 3.92. The molecule has 1 saturated heterocycles. The van der Waals surface area contributed by atoms with Crippen molar-refractivity contribution in [2.75, 3.05) is 44.7 Å². The Morgan fingerprint density at radius 1 is 0.950 bits per heavy atom. The molecule has 0 atom stereocenters. The molecule has 0 radical (unpaired) electrons. The summed E-state index contributed by atoms with van der Waals surface area (Å²) in [5, 5.41) is 2.65. The standard InChI is InChI=1S/C27H30FN3O7S2/c1-3-30(4-2)39(33,34)24-12-13-26(38-22-10-8-21(28)9-11-22)25(19-24)29-27(32)20-6-5-7-23(18-20)40(35,36)31-14-16-37-17-15-31/h5-13,18-19H,3-4,14-17H2,1-2H3,(H,29,32). The van der Waals surface area contributed by atoms with E-state index in [1.807, 2.05) is 0 Å². The van der Waals surface area contributed by atoms with Crippen molar-refractivity contribution in [1.29, 1.82) is 0 Å². The van der Waals surface area contributed by atoms with E-state index in [0.29, 0.717) is 0 Å². The third-order valence-electron chi connectivity index (χ3n) is 6.29. The summed E-state index contributed by atoms with van der Waals surface area (Å²) in [6.07, 6.45) is 0. The molecule has 3 aromatic rings.